The van der Waals surface area contributed by atoms with Crippen LogP contribution in [0.1, 0.15) is 40.0 Å². The zero-order valence-electron chi connectivity index (χ0n) is 18.3. The molecule has 2 N–H and O–H groups in total. The van der Waals surface area contributed by atoms with E-state index >= 15 is 0 Å². The topological polar surface area (TPSA) is 114 Å². The molecule has 0 spiro atoms. The molecule has 30 heavy (non-hydrogen) atoms. The number of allylic oxidation sites excluding steroid dienone is 1. The minimum Gasteiger partial charge on any atom is -1.00 e. The summed E-state index contributed by atoms with van der Waals surface area (Å²) in [5.41, 5.74) is -1.35. The molecule has 2 aliphatic carbocycles. The first kappa shape index (κ1) is 28.4. The summed E-state index contributed by atoms with van der Waals surface area (Å²) in [6, 6.07) is 0. The van der Waals surface area contributed by atoms with Crippen molar-refractivity contribution in [3.8, 4) is 0 Å². The van der Waals surface area contributed by atoms with Crippen molar-refractivity contribution >= 4 is 48.2 Å². The first-order valence-corrected chi connectivity index (χ1v) is 12.7. The van der Waals surface area contributed by atoms with Crippen LogP contribution >= 0.6 is 31.9 Å². The number of nitrogens with zero attached hydrogens (tertiary/aromatic N) is 3. The minimum absolute atomic E-state index is 0. The molecule has 0 aromatic carbocycles. The van der Waals surface area contributed by atoms with Crippen molar-refractivity contribution in [2.24, 2.45) is 4.99 Å². The summed E-state index contributed by atoms with van der Waals surface area (Å²) in [5, 5.41) is 23.3. The van der Waals surface area contributed by atoms with Gasteiger partial charge in [-0.25, -0.2) is 0 Å². The van der Waals surface area contributed by atoms with Gasteiger partial charge < -0.3 is 11.6 Å². The van der Waals surface area contributed by atoms with Crippen LogP contribution in [0.4, 0.5) is 0 Å². The summed E-state index contributed by atoms with van der Waals surface area (Å²) in [6.07, 6.45) is 13.6. The molecule has 1 aromatic heterocycles. The molecule has 0 amide bonds. The third kappa shape index (κ3) is 10.8. The number of hydrogen-bond acceptors (Lipinski definition) is 7. The fourth-order valence-corrected chi connectivity index (χ4v) is 3.80. The van der Waals surface area contributed by atoms with Crippen LogP contribution in [0.3, 0.4) is 0 Å². The molecule has 0 radical (unpaired) electrons. The van der Waals surface area contributed by atoms with Crippen LogP contribution in [0, 0.1) is 0 Å². The van der Waals surface area contributed by atoms with Crippen molar-refractivity contribution in [2.75, 3.05) is 19.4 Å². The largest absolute Gasteiger partial charge is 1.00 e. The van der Waals surface area contributed by atoms with E-state index in [2.05, 4.69) is 46.1 Å². The third-order valence-corrected chi connectivity index (χ3v) is 6.26. The van der Waals surface area contributed by atoms with Crippen molar-refractivity contribution in [1.29, 1.82) is 0 Å². The number of aliphatic imine (C=N–C) groups is 1. The molecule has 0 atom stereocenters. The summed E-state index contributed by atoms with van der Waals surface area (Å²) in [7, 11) is -3.39. The summed E-state index contributed by atoms with van der Waals surface area (Å²) in [6.45, 7) is 1.38. The Morgan fingerprint density at radius 1 is 1.20 bits per heavy atom. The molecule has 2 saturated carbocycles. The van der Waals surface area contributed by atoms with E-state index in [4.69, 9.17) is 0 Å². The Morgan fingerprint density at radius 3 is 2.10 bits per heavy atom. The first-order chi connectivity index (χ1) is 13.5. The molecule has 0 unspecified atom stereocenters. The maximum atomic E-state index is 10.5. The van der Waals surface area contributed by atoms with E-state index in [1.54, 1.807) is 17.1 Å². The minimum atomic E-state index is -3.39. The van der Waals surface area contributed by atoms with Crippen molar-refractivity contribution in [1.82, 2.24) is 9.78 Å². The van der Waals surface area contributed by atoms with Crippen LogP contribution in [-0.2, 0) is 20.8 Å². The Labute approximate surface area is 218 Å². The van der Waals surface area contributed by atoms with Crippen molar-refractivity contribution in [2.45, 2.75) is 56.3 Å². The molecular weight excluding hydrogens is 553 g/mol. The van der Waals surface area contributed by atoms with E-state index in [1.165, 1.54) is 0 Å². The third-order valence-electron chi connectivity index (χ3n) is 4.77. The van der Waals surface area contributed by atoms with Gasteiger partial charge in [-0.1, -0.05) is 0 Å². The predicted octanol–water partition coefficient (Wildman–Crippen LogP) is -0.0957. The molecular formula is C18H28Br2N3NaO5S. The molecule has 2 fully saturated rings. The molecule has 0 saturated heterocycles. The average Bonchev–Trinajstić information content (AvgIpc) is 3.21. The van der Waals surface area contributed by atoms with Gasteiger partial charge in [0.2, 0.25) is 0 Å². The molecule has 1 aromatic rings. The monoisotopic (exact) mass is 579 g/mol. The Morgan fingerprint density at radius 2 is 1.80 bits per heavy atom. The Hall–Kier alpha value is 0.410. The van der Waals surface area contributed by atoms with Gasteiger partial charge >= 0.3 is 29.6 Å². The number of halogens is 2. The second-order valence-corrected chi connectivity index (χ2v) is 11.0. The van der Waals surface area contributed by atoms with Crippen LogP contribution in [-0.4, -0.2) is 65.2 Å². The zero-order chi connectivity index (χ0) is 21.5. The fourth-order valence-electron chi connectivity index (χ4n) is 2.75. The van der Waals surface area contributed by atoms with Gasteiger partial charge in [0.15, 0.2) is 0 Å². The van der Waals surface area contributed by atoms with E-state index in [0.29, 0.717) is 19.4 Å². The van der Waals surface area contributed by atoms with Crippen LogP contribution in [0.25, 0.3) is 0 Å². The predicted molar refractivity (Wildman–Crippen MR) is 120 cm³/mol. The van der Waals surface area contributed by atoms with Gasteiger partial charge in [-0.15, -0.1) is 0 Å². The van der Waals surface area contributed by atoms with Crippen LogP contribution in [0.5, 0.6) is 0 Å². The van der Waals surface area contributed by atoms with Gasteiger partial charge in [0.05, 0.1) is 47.8 Å². The van der Waals surface area contributed by atoms with Gasteiger partial charge in [-0.05, 0) is 76.5 Å². The fraction of sp³-hybridized carbons (Fsp3) is 0.667. The van der Waals surface area contributed by atoms with Crippen molar-refractivity contribution in [3.63, 3.8) is 0 Å². The van der Waals surface area contributed by atoms with E-state index in [9.17, 15) is 18.6 Å². The molecule has 1 aliphatic heterocycles. The Bertz CT molecular complexity index is 840. The SMILES string of the molecule is BrC1=CCN=C1.CS(=O)(=O)OCC1(O)CCC1.OC1(Cn2cc(Br)cn2)CCC1.[H-].[Na+]. The number of aliphatic hydroxyl groups is 2. The van der Waals surface area contributed by atoms with Gasteiger partial charge in [-0.2, -0.15) is 13.5 Å². The molecule has 2 heterocycles. The van der Waals surface area contributed by atoms with Gasteiger partial charge in [0, 0.05) is 16.9 Å². The number of aromatic nitrogens is 2. The zero-order valence-corrected chi connectivity index (χ0v) is 23.3. The quantitative estimate of drug-likeness (QED) is 0.371. The average molecular weight is 581 g/mol. The molecule has 12 heteroatoms. The van der Waals surface area contributed by atoms with Gasteiger partial charge in [0.1, 0.15) is 0 Å². The second-order valence-electron chi connectivity index (χ2n) is 7.56. The smallest absolute Gasteiger partial charge is 1.00 e. The van der Waals surface area contributed by atoms with Crippen LogP contribution in [0.15, 0.2) is 32.4 Å². The van der Waals surface area contributed by atoms with E-state index in [-0.39, 0.29) is 37.6 Å². The molecule has 166 valence electrons. The van der Waals surface area contributed by atoms with Crippen LogP contribution in [0.2, 0.25) is 0 Å². The second kappa shape index (κ2) is 12.6. The summed E-state index contributed by atoms with van der Waals surface area (Å²) >= 11 is 6.56. The Balaban J connectivity index is 0.000000442. The van der Waals surface area contributed by atoms with E-state index in [0.717, 1.165) is 47.4 Å². The molecule has 3 aliphatic rings. The number of hydrogen-bond donors (Lipinski definition) is 2. The van der Waals surface area contributed by atoms with Crippen LogP contribution < -0.4 is 29.6 Å². The summed E-state index contributed by atoms with van der Waals surface area (Å²) < 4.78 is 29.3. The molecule has 0 bridgehead atoms. The van der Waals surface area contributed by atoms with Gasteiger partial charge in [0.25, 0.3) is 10.1 Å². The van der Waals surface area contributed by atoms with E-state index in [1.807, 2.05) is 12.3 Å². The normalized spacial score (nSPS) is 20.2. The van der Waals surface area contributed by atoms with Gasteiger partial charge in [-0.3, -0.25) is 13.9 Å². The standard InChI is InChI=1S/C8H11BrN2O.C6H12O4S.C4H4BrN.Na.H/c9-7-4-10-11(5-7)6-8(12)2-1-3-8;1-11(8,9)10-5-6(7)3-2-4-6;5-4-1-2-6-3-4;;/h4-5,12H,1-3,6H2;7H,2-5H2,1H3;1,3H,2H2;;/q;;;+1;-1. The summed E-state index contributed by atoms with van der Waals surface area (Å²) in [5.74, 6) is 0. The molecule has 8 nitrogen and oxygen atoms in total. The maximum absolute atomic E-state index is 10.5. The molecule has 4 rings (SSSR count). The first-order valence-electron chi connectivity index (χ1n) is 9.31. The maximum Gasteiger partial charge on any atom is 1.00 e. The van der Waals surface area contributed by atoms with E-state index < -0.39 is 21.3 Å². The summed E-state index contributed by atoms with van der Waals surface area (Å²) in [4.78, 5) is 3.90. The Kier molecular flexibility index (Phi) is 11.9. The number of rotatable bonds is 5. The van der Waals surface area contributed by atoms with Crippen molar-refractivity contribution < 1.29 is 53.8 Å². The van der Waals surface area contributed by atoms with Crippen molar-refractivity contribution in [3.05, 3.63) is 27.4 Å².